The summed E-state index contributed by atoms with van der Waals surface area (Å²) < 4.78 is 5.13. The molecule has 1 aliphatic rings. The van der Waals surface area contributed by atoms with Gasteiger partial charge in [0.25, 0.3) is 5.91 Å². The summed E-state index contributed by atoms with van der Waals surface area (Å²) in [4.78, 5) is 27.7. The smallest absolute Gasteiger partial charge is 0.341 e. The lowest BCUT2D eigenvalue weighted by molar-refractivity contribution is -0.139. The van der Waals surface area contributed by atoms with Gasteiger partial charge in [-0.05, 0) is 44.4 Å². The molecule has 0 radical (unpaired) electrons. The minimum atomic E-state index is -1.06. The largest absolute Gasteiger partial charge is 0.482 e. The Balaban J connectivity index is 1.74. The van der Waals surface area contributed by atoms with Crippen molar-refractivity contribution in [2.45, 2.75) is 31.7 Å². The van der Waals surface area contributed by atoms with E-state index in [1.165, 1.54) is 0 Å². The van der Waals surface area contributed by atoms with Gasteiger partial charge in [-0.15, -0.1) is 11.3 Å². The number of hydrogen-bond donors (Lipinski definition) is 2. The average molecular weight is 346 g/mol. The van der Waals surface area contributed by atoms with Crippen molar-refractivity contribution < 1.29 is 19.4 Å². The number of nitrogens with zero attached hydrogens (tertiary/aromatic N) is 1. The highest BCUT2D eigenvalue weighted by Crippen LogP contribution is 2.42. The average Bonchev–Trinajstić information content (AvgIpc) is 2.95. The third-order valence-corrected chi connectivity index (χ3v) is 5.21. The van der Waals surface area contributed by atoms with Crippen LogP contribution >= 0.6 is 11.3 Å². The van der Waals surface area contributed by atoms with E-state index in [9.17, 15) is 9.59 Å². The molecular weight excluding hydrogens is 328 g/mol. The summed E-state index contributed by atoms with van der Waals surface area (Å²) in [5.41, 5.74) is 1.02. The van der Waals surface area contributed by atoms with Crippen molar-refractivity contribution in [1.29, 1.82) is 0 Å². The number of rotatable bonds is 6. The Morgan fingerprint density at radius 2 is 2.21 bits per heavy atom. The quantitative estimate of drug-likeness (QED) is 0.839. The number of hydrogen-bond acceptors (Lipinski definition) is 5. The maximum absolute atomic E-state index is 12.6. The second-order valence-corrected chi connectivity index (χ2v) is 6.75. The third-order valence-electron chi connectivity index (χ3n) is 4.05. The first kappa shape index (κ1) is 16.4. The molecule has 126 valence electrons. The van der Waals surface area contributed by atoms with Crippen molar-refractivity contribution in [2.24, 2.45) is 0 Å². The number of carboxylic acids is 1. The Hall–Kier alpha value is -2.41. The van der Waals surface area contributed by atoms with E-state index >= 15 is 0 Å². The van der Waals surface area contributed by atoms with E-state index in [0.29, 0.717) is 11.3 Å². The minimum Gasteiger partial charge on any atom is -0.482 e. The van der Waals surface area contributed by atoms with Crippen LogP contribution < -0.4 is 10.1 Å². The lowest BCUT2D eigenvalue weighted by Crippen LogP contribution is -2.50. The van der Waals surface area contributed by atoms with E-state index in [0.717, 1.165) is 30.0 Å². The van der Waals surface area contributed by atoms with Crippen LogP contribution in [0.2, 0.25) is 0 Å². The highest BCUT2D eigenvalue weighted by molar-refractivity contribution is 7.09. The van der Waals surface area contributed by atoms with E-state index in [2.05, 4.69) is 10.3 Å². The molecule has 0 spiro atoms. The van der Waals surface area contributed by atoms with E-state index in [1.807, 2.05) is 12.3 Å². The topological polar surface area (TPSA) is 88.5 Å². The zero-order valence-electron chi connectivity index (χ0n) is 13.2. The van der Waals surface area contributed by atoms with Crippen molar-refractivity contribution in [3.05, 3.63) is 45.9 Å². The van der Waals surface area contributed by atoms with Crippen molar-refractivity contribution >= 4 is 23.2 Å². The fourth-order valence-corrected chi connectivity index (χ4v) is 3.67. The molecule has 24 heavy (non-hydrogen) atoms. The SMILES string of the molecule is Cc1csc(C2(NC(=O)c3cccc(OCC(=O)O)c3)CCC2)n1. The minimum absolute atomic E-state index is 0.205. The number of carbonyl (C=O) groups excluding carboxylic acids is 1. The van der Waals surface area contributed by atoms with Crippen LogP contribution in [0.5, 0.6) is 5.75 Å². The van der Waals surface area contributed by atoms with Crippen LogP contribution in [0.4, 0.5) is 0 Å². The molecular formula is C17H18N2O4S. The van der Waals surface area contributed by atoms with Gasteiger partial charge >= 0.3 is 5.97 Å². The zero-order valence-corrected chi connectivity index (χ0v) is 14.1. The standard InChI is InChI=1S/C17H18N2O4S/c1-11-10-24-16(18-11)17(6-3-7-17)19-15(22)12-4-2-5-13(8-12)23-9-14(20)21/h2,4-5,8,10H,3,6-7,9H2,1H3,(H,19,22)(H,20,21). The molecule has 7 heteroatoms. The molecule has 1 fully saturated rings. The second kappa shape index (κ2) is 6.60. The zero-order chi connectivity index (χ0) is 17.2. The summed E-state index contributed by atoms with van der Waals surface area (Å²) in [6.45, 7) is 1.50. The predicted molar refractivity (Wildman–Crippen MR) is 89.4 cm³/mol. The predicted octanol–water partition coefficient (Wildman–Crippen LogP) is 2.72. The van der Waals surface area contributed by atoms with Crippen LogP contribution in [-0.4, -0.2) is 28.6 Å². The number of amides is 1. The van der Waals surface area contributed by atoms with Gasteiger partial charge in [0.15, 0.2) is 6.61 Å². The molecule has 1 aliphatic carbocycles. The second-order valence-electron chi connectivity index (χ2n) is 5.89. The third kappa shape index (κ3) is 3.41. The highest BCUT2D eigenvalue weighted by Gasteiger charge is 2.42. The lowest BCUT2D eigenvalue weighted by atomic mass is 9.77. The molecule has 1 amide bonds. The Bertz CT molecular complexity index is 767. The molecule has 2 N–H and O–H groups in total. The number of benzene rings is 1. The van der Waals surface area contributed by atoms with Gasteiger partial charge in [-0.2, -0.15) is 0 Å². The lowest BCUT2D eigenvalue weighted by Gasteiger charge is -2.40. The van der Waals surface area contributed by atoms with Crippen LogP contribution in [0.15, 0.2) is 29.6 Å². The molecule has 0 bridgehead atoms. The first-order valence-electron chi connectivity index (χ1n) is 7.68. The monoisotopic (exact) mass is 346 g/mol. The number of aryl methyl sites for hydroxylation is 1. The summed E-state index contributed by atoms with van der Waals surface area (Å²) >= 11 is 1.57. The summed E-state index contributed by atoms with van der Waals surface area (Å²) in [7, 11) is 0. The van der Waals surface area contributed by atoms with Crippen LogP contribution in [0.3, 0.4) is 0 Å². The summed E-state index contributed by atoms with van der Waals surface area (Å²) in [6.07, 6.45) is 2.81. The Labute approximate surface area is 143 Å². The number of carboxylic acid groups (broad SMARTS) is 1. The summed E-state index contributed by atoms with van der Waals surface area (Å²) in [6, 6.07) is 6.54. The molecule has 0 atom stereocenters. The fourth-order valence-electron chi connectivity index (χ4n) is 2.66. The number of aliphatic carboxylic acids is 1. The van der Waals surface area contributed by atoms with Gasteiger partial charge in [0.1, 0.15) is 10.8 Å². The number of thiazole rings is 1. The van der Waals surface area contributed by atoms with Crippen LogP contribution in [0.1, 0.15) is 40.3 Å². The molecule has 0 aliphatic heterocycles. The molecule has 1 heterocycles. The van der Waals surface area contributed by atoms with Crippen molar-refractivity contribution in [2.75, 3.05) is 6.61 Å². The molecule has 2 aromatic rings. The molecule has 0 unspecified atom stereocenters. The number of aromatic nitrogens is 1. The van der Waals surface area contributed by atoms with Gasteiger partial charge in [0.2, 0.25) is 0 Å². The fraction of sp³-hybridized carbons (Fsp3) is 0.353. The van der Waals surface area contributed by atoms with Gasteiger partial charge in [-0.3, -0.25) is 4.79 Å². The molecule has 1 aromatic carbocycles. The Kier molecular flexibility index (Phi) is 4.53. The highest BCUT2D eigenvalue weighted by atomic mass is 32.1. The van der Waals surface area contributed by atoms with Gasteiger partial charge in [0.05, 0.1) is 5.54 Å². The van der Waals surface area contributed by atoms with Crippen molar-refractivity contribution in [3.63, 3.8) is 0 Å². The van der Waals surface area contributed by atoms with Gasteiger partial charge in [0, 0.05) is 16.6 Å². The van der Waals surface area contributed by atoms with Gasteiger partial charge in [-0.25, -0.2) is 9.78 Å². The van der Waals surface area contributed by atoms with Crippen molar-refractivity contribution in [1.82, 2.24) is 10.3 Å². The van der Waals surface area contributed by atoms with E-state index in [1.54, 1.807) is 35.6 Å². The molecule has 1 aromatic heterocycles. The maximum atomic E-state index is 12.6. The van der Waals surface area contributed by atoms with E-state index in [4.69, 9.17) is 9.84 Å². The van der Waals surface area contributed by atoms with E-state index < -0.39 is 12.6 Å². The maximum Gasteiger partial charge on any atom is 0.341 e. The van der Waals surface area contributed by atoms with Crippen molar-refractivity contribution in [3.8, 4) is 5.75 Å². The number of carbonyl (C=O) groups is 2. The van der Waals surface area contributed by atoms with Crippen LogP contribution in [-0.2, 0) is 10.3 Å². The van der Waals surface area contributed by atoms with Gasteiger partial charge in [-0.1, -0.05) is 6.07 Å². The normalized spacial score (nSPS) is 15.4. The summed E-state index contributed by atoms with van der Waals surface area (Å²) in [5, 5.41) is 14.7. The summed E-state index contributed by atoms with van der Waals surface area (Å²) in [5.74, 6) is -0.904. The Morgan fingerprint density at radius 3 is 2.79 bits per heavy atom. The Morgan fingerprint density at radius 1 is 1.42 bits per heavy atom. The van der Waals surface area contributed by atoms with Gasteiger partial charge < -0.3 is 15.2 Å². The van der Waals surface area contributed by atoms with Crippen LogP contribution in [0.25, 0.3) is 0 Å². The molecule has 6 nitrogen and oxygen atoms in total. The molecule has 3 rings (SSSR count). The molecule has 1 saturated carbocycles. The number of ether oxygens (including phenoxy) is 1. The van der Waals surface area contributed by atoms with Crippen LogP contribution in [0, 0.1) is 6.92 Å². The first-order valence-corrected chi connectivity index (χ1v) is 8.56. The first-order chi connectivity index (χ1) is 11.5. The van der Waals surface area contributed by atoms with E-state index in [-0.39, 0.29) is 11.4 Å². The number of nitrogens with one attached hydrogen (secondary N) is 1. The molecule has 0 saturated heterocycles.